The highest BCUT2D eigenvalue weighted by Gasteiger charge is 2.27. The monoisotopic (exact) mass is 429 g/mol. The molecule has 0 aromatic rings. The highest BCUT2D eigenvalue weighted by Crippen LogP contribution is 2.30. The molecular weight excluding hydrogens is 392 g/mol. The van der Waals surface area contributed by atoms with E-state index in [2.05, 4.69) is 53.0 Å². The van der Waals surface area contributed by atoms with Crippen LogP contribution in [0.5, 0.6) is 0 Å². The molecule has 1 nitrogen and oxygen atoms in total. The van der Waals surface area contributed by atoms with E-state index in [9.17, 15) is 4.39 Å². The Morgan fingerprint density at radius 1 is 0.905 bits per heavy atom. The SMILES string of the molecule is CCCCCC(CCCCF)(CCCC[Si](C)(C)C)NI. The zero-order valence-corrected chi connectivity index (χ0v) is 17.9. The Labute approximate surface area is 147 Å². The van der Waals surface area contributed by atoms with Gasteiger partial charge in [0.1, 0.15) is 0 Å². The molecule has 0 bridgehead atoms. The standard InChI is InChI=1S/C17H37FINSi/c1-5-6-7-12-17(20-19,13-8-10-15-18)14-9-11-16-21(2,3)4/h20H,5-16H2,1-4H3. The minimum Gasteiger partial charge on any atom is -0.255 e. The number of rotatable bonds is 14. The summed E-state index contributed by atoms with van der Waals surface area (Å²) < 4.78 is 16.0. The largest absolute Gasteiger partial charge is 0.255 e. The van der Waals surface area contributed by atoms with Crippen molar-refractivity contribution in [2.75, 3.05) is 6.67 Å². The molecule has 1 unspecified atom stereocenters. The van der Waals surface area contributed by atoms with E-state index >= 15 is 0 Å². The van der Waals surface area contributed by atoms with Crippen molar-refractivity contribution in [2.45, 2.75) is 102 Å². The van der Waals surface area contributed by atoms with Crippen LogP contribution in [-0.2, 0) is 0 Å². The molecule has 0 spiro atoms. The van der Waals surface area contributed by atoms with Gasteiger partial charge >= 0.3 is 0 Å². The lowest BCUT2D eigenvalue weighted by molar-refractivity contribution is 0.288. The van der Waals surface area contributed by atoms with Gasteiger partial charge < -0.3 is 0 Å². The van der Waals surface area contributed by atoms with Gasteiger partial charge in [-0.2, -0.15) is 0 Å². The molecule has 0 aliphatic carbocycles. The average Bonchev–Trinajstić information content (AvgIpc) is 2.42. The fourth-order valence-corrected chi connectivity index (χ4v) is 5.03. The van der Waals surface area contributed by atoms with Crippen LogP contribution < -0.4 is 3.53 Å². The van der Waals surface area contributed by atoms with Crippen LogP contribution in [0.25, 0.3) is 0 Å². The maximum absolute atomic E-state index is 12.4. The molecule has 21 heavy (non-hydrogen) atoms. The Hall–Kier alpha value is 0.837. The lowest BCUT2D eigenvalue weighted by Gasteiger charge is -2.33. The van der Waals surface area contributed by atoms with Gasteiger partial charge in [-0.05, 0) is 32.1 Å². The Morgan fingerprint density at radius 3 is 1.86 bits per heavy atom. The Balaban J connectivity index is 4.31. The lowest BCUT2D eigenvalue weighted by Crippen LogP contribution is -2.39. The molecule has 0 heterocycles. The number of unbranched alkanes of at least 4 members (excludes halogenated alkanes) is 4. The van der Waals surface area contributed by atoms with Crippen LogP contribution in [0.4, 0.5) is 4.39 Å². The third-order valence-corrected chi connectivity index (χ3v) is 7.33. The predicted octanol–water partition coefficient (Wildman–Crippen LogP) is 6.89. The van der Waals surface area contributed by atoms with Gasteiger partial charge in [0.05, 0.1) is 6.67 Å². The van der Waals surface area contributed by atoms with Crippen molar-refractivity contribution >= 4 is 30.9 Å². The molecule has 0 saturated carbocycles. The molecule has 1 N–H and O–H groups in total. The molecule has 0 aromatic carbocycles. The first kappa shape index (κ1) is 21.8. The van der Waals surface area contributed by atoms with Gasteiger partial charge in [-0.25, -0.2) is 0 Å². The summed E-state index contributed by atoms with van der Waals surface area (Å²) >= 11 is 2.34. The van der Waals surface area contributed by atoms with Crippen LogP contribution in [0.2, 0.25) is 25.7 Å². The first-order valence-electron chi connectivity index (χ1n) is 8.83. The summed E-state index contributed by atoms with van der Waals surface area (Å²) in [6, 6.07) is 1.43. The molecule has 0 aromatic heterocycles. The number of hydrogen-bond acceptors (Lipinski definition) is 1. The summed E-state index contributed by atoms with van der Waals surface area (Å²) in [5.74, 6) is 0. The van der Waals surface area contributed by atoms with E-state index in [4.69, 9.17) is 0 Å². The maximum atomic E-state index is 12.4. The maximum Gasteiger partial charge on any atom is 0.0894 e. The van der Waals surface area contributed by atoms with E-state index in [-0.39, 0.29) is 12.2 Å². The fraction of sp³-hybridized carbons (Fsp3) is 1.00. The van der Waals surface area contributed by atoms with E-state index in [1.54, 1.807) is 0 Å². The fourth-order valence-electron chi connectivity index (χ4n) is 2.91. The molecule has 0 rings (SSSR count). The van der Waals surface area contributed by atoms with E-state index in [1.807, 2.05) is 0 Å². The van der Waals surface area contributed by atoms with Crippen LogP contribution >= 0.6 is 22.9 Å². The van der Waals surface area contributed by atoms with Crippen LogP contribution in [0.3, 0.4) is 0 Å². The molecule has 0 saturated heterocycles. The smallest absolute Gasteiger partial charge is 0.0894 e. The second kappa shape index (κ2) is 12.3. The molecular formula is C17H37FINSi. The predicted molar refractivity (Wildman–Crippen MR) is 106 cm³/mol. The third kappa shape index (κ3) is 12.0. The van der Waals surface area contributed by atoms with E-state index < -0.39 is 8.07 Å². The molecule has 0 fully saturated rings. The van der Waals surface area contributed by atoms with Gasteiger partial charge in [0.2, 0.25) is 0 Å². The number of nitrogens with one attached hydrogen (secondary N) is 1. The van der Waals surface area contributed by atoms with Gasteiger partial charge in [0.25, 0.3) is 0 Å². The first-order chi connectivity index (χ1) is 9.89. The normalized spacial score (nSPS) is 15.1. The van der Waals surface area contributed by atoms with Crippen LogP contribution in [0.1, 0.15) is 71.1 Å². The van der Waals surface area contributed by atoms with Gasteiger partial charge in [-0.3, -0.25) is 7.92 Å². The molecule has 0 radical (unpaired) electrons. The van der Waals surface area contributed by atoms with Gasteiger partial charge in [0.15, 0.2) is 0 Å². The van der Waals surface area contributed by atoms with Gasteiger partial charge in [0, 0.05) is 36.5 Å². The highest BCUT2D eigenvalue weighted by atomic mass is 127. The van der Waals surface area contributed by atoms with E-state index in [0.29, 0.717) is 0 Å². The van der Waals surface area contributed by atoms with Gasteiger partial charge in [-0.1, -0.05) is 64.7 Å². The van der Waals surface area contributed by atoms with Crippen molar-refractivity contribution in [2.24, 2.45) is 0 Å². The summed E-state index contributed by atoms with van der Waals surface area (Å²) in [5, 5.41) is 0. The zero-order chi connectivity index (χ0) is 16.2. The molecule has 0 aliphatic rings. The van der Waals surface area contributed by atoms with E-state index in [0.717, 1.165) is 19.3 Å². The molecule has 128 valence electrons. The summed E-state index contributed by atoms with van der Waals surface area (Å²) in [6.45, 7) is 9.47. The Kier molecular flexibility index (Phi) is 12.8. The van der Waals surface area contributed by atoms with Crippen molar-refractivity contribution < 1.29 is 4.39 Å². The van der Waals surface area contributed by atoms with Crippen molar-refractivity contribution in [3.05, 3.63) is 0 Å². The van der Waals surface area contributed by atoms with Crippen LogP contribution in [0, 0.1) is 0 Å². The quantitative estimate of drug-likeness (QED) is 0.137. The minimum absolute atomic E-state index is 0.165. The topological polar surface area (TPSA) is 12.0 Å². The lowest BCUT2D eigenvalue weighted by atomic mass is 9.83. The van der Waals surface area contributed by atoms with Crippen molar-refractivity contribution in [1.82, 2.24) is 3.53 Å². The van der Waals surface area contributed by atoms with Crippen molar-refractivity contribution in [3.8, 4) is 0 Å². The summed E-state index contributed by atoms with van der Waals surface area (Å²) in [4.78, 5) is 0. The second-order valence-corrected chi connectivity index (χ2v) is 13.9. The van der Waals surface area contributed by atoms with Gasteiger partial charge in [-0.15, -0.1) is 0 Å². The highest BCUT2D eigenvalue weighted by molar-refractivity contribution is 14.1. The van der Waals surface area contributed by atoms with Crippen molar-refractivity contribution in [3.63, 3.8) is 0 Å². The number of halogens is 2. The second-order valence-electron chi connectivity index (χ2n) is 7.75. The third-order valence-electron chi connectivity index (χ3n) is 4.33. The summed E-state index contributed by atoms with van der Waals surface area (Å²) in [6.07, 6.45) is 12.0. The van der Waals surface area contributed by atoms with Crippen LogP contribution in [-0.4, -0.2) is 20.3 Å². The zero-order valence-electron chi connectivity index (χ0n) is 14.7. The molecule has 0 amide bonds. The number of alkyl halides is 1. The summed E-state index contributed by atoms with van der Waals surface area (Å²) in [7, 11) is -0.898. The minimum atomic E-state index is -0.898. The molecule has 1 atom stereocenters. The Bertz CT molecular complexity index is 233. The van der Waals surface area contributed by atoms with Crippen molar-refractivity contribution in [1.29, 1.82) is 0 Å². The summed E-state index contributed by atoms with van der Waals surface area (Å²) in [5.41, 5.74) is 0.254. The van der Waals surface area contributed by atoms with E-state index in [1.165, 1.54) is 51.0 Å². The molecule has 0 aliphatic heterocycles. The first-order valence-corrected chi connectivity index (χ1v) is 13.6. The Morgan fingerprint density at radius 2 is 1.43 bits per heavy atom. The molecule has 4 heteroatoms. The average molecular weight is 429 g/mol. The van der Waals surface area contributed by atoms with Crippen LogP contribution in [0.15, 0.2) is 0 Å². The number of hydrogen-bond donors (Lipinski definition) is 1.